The molecule has 0 radical (unpaired) electrons. The monoisotopic (exact) mass is 333 g/mol. The lowest BCUT2D eigenvalue weighted by atomic mass is 10.1. The van der Waals surface area contributed by atoms with E-state index in [-0.39, 0.29) is 5.91 Å². The molecular formula is C16H16BrNO2. The minimum Gasteiger partial charge on any atom is -0.482 e. The number of amides is 1. The van der Waals surface area contributed by atoms with E-state index < -0.39 is 0 Å². The van der Waals surface area contributed by atoms with Gasteiger partial charge in [-0.25, -0.2) is 0 Å². The van der Waals surface area contributed by atoms with Crippen molar-refractivity contribution >= 4 is 27.5 Å². The number of carbonyl (C=O) groups is 1. The zero-order valence-corrected chi connectivity index (χ0v) is 13.0. The standard InChI is InChI=1S/C16H16BrNO2/c1-11-6-12(2)8-14(7-11)18-16(19)13-4-3-5-15(9-13)20-10-17/h3-9H,10H2,1-2H3,(H,18,19). The third kappa shape index (κ3) is 3.84. The van der Waals surface area contributed by atoms with Crippen LogP contribution in [0.25, 0.3) is 0 Å². The van der Waals surface area contributed by atoms with Gasteiger partial charge >= 0.3 is 0 Å². The Hall–Kier alpha value is -1.81. The van der Waals surface area contributed by atoms with E-state index in [1.807, 2.05) is 32.0 Å². The minimum atomic E-state index is -0.143. The first-order valence-corrected chi connectivity index (χ1v) is 7.39. The molecule has 0 atom stereocenters. The van der Waals surface area contributed by atoms with E-state index in [4.69, 9.17) is 4.74 Å². The van der Waals surface area contributed by atoms with Crippen LogP contribution in [0, 0.1) is 13.8 Å². The molecule has 20 heavy (non-hydrogen) atoms. The summed E-state index contributed by atoms with van der Waals surface area (Å²) >= 11 is 3.19. The lowest BCUT2D eigenvalue weighted by Crippen LogP contribution is -2.12. The van der Waals surface area contributed by atoms with Crippen LogP contribution in [0.15, 0.2) is 42.5 Å². The van der Waals surface area contributed by atoms with Gasteiger partial charge in [0.15, 0.2) is 0 Å². The summed E-state index contributed by atoms with van der Waals surface area (Å²) in [6, 6.07) is 13.1. The highest BCUT2D eigenvalue weighted by Gasteiger charge is 2.07. The fraction of sp³-hybridized carbons (Fsp3) is 0.188. The van der Waals surface area contributed by atoms with Gasteiger partial charge in [-0.05, 0) is 71.2 Å². The second-order valence-corrected chi connectivity index (χ2v) is 5.07. The number of ether oxygens (including phenoxy) is 1. The fourth-order valence-electron chi connectivity index (χ4n) is 2.04. The van der Waals surface area contributed by atoms with Gasteiger partial charge < -0.3 is 10.1 Å². The Morgan fingerprint density at radius 2 is 1.85 bits per heavy atom. The second kappa shape index (κ2) is 6.57. The molecule has 104 valence electrons. The molecule has 1 N–H and O–H groups in total. The molecule has 0 aliphatic heterocycles. The normalized spacial score (nSPS) is 10.2. The summed E-state index contributed by atoms with van der Waals surface area (Å²) in [6.07, 6.45) is 0. The first-order valence-electron chi connectivity index (χ1n) is 6.27. The van der Waals surface area contributed by atoms with Crippen LogP contribution in [-0.4, -0.2) is 11.4 Å². The van der Waals surface area contributed by atoms with Crippen molar-refractivity contribution in [2.75, 3.05) is 10.8 Å². The highest BCUT2D eigenvalue weighted by Crippen LogP contribution is 2.17. The third-order valence-corrected chi connectivity index (χ3v) is 3.03. The molecule has 0 bridgehead atoms. The zero-order chi connectivity index (χ0) is 14.5. The molecule has 0 unspecified atom stereocenters. The third-order valence-electron chi connectivity index (χ3n) is 2.80. The molecule has 0 heterocycles. The van der Waals surface area contributed by atoms with Gasteiger partial charge in [0.25, 0.3) is 5.91 Å². The van der Waals surface area contributed by atoms with Gasteiger partial charge in [0.1, 0.15) is 11.3 Å². The summed E-state index contributed by atoms with van der Waals surface area (Å²) in [5.41, 5.74) is 4.02. The smallest absolute Gasteiger partial charge is 0.255 e. The lowest BCUT2D eigenvalue weighted by molar-refractivity contribution is 0.102. The molecule has 0 saturated carbocycles. The molecule has 3 nitrogen and oxygen atoms in total. The van der Waals surface area contributed by atoms with Gasteiger partial charge in [0, 0.05) is 11.3 Å². The minimum absolute atomic E-state index is 0.143. The summed E-state index contributed by atoms with van der Waals surface area (Å²) in [4.78, 5) is 12.2. The summed E-state index contributed by atoms with van der Waals surface area (Å²) in [5, 5.41) is 2.90. The largest absolute Gasteiger partial charge is 0.482 e. The molecule has 0 aliphatic carbocycles. The van der Waals surface area contributed by atoms with Crippen molar-refractivity contribution in [1.29, 1.82) is 0 Å². The molecule has 0 aliphatic rings. The van der Waals surface area contributed by atoms with E-state index in [1.54, 1.807) is 18.2 Å². The Balaban J connectivity index is 2.17. The molecule has 0 fully saturated rings. The number of aryl methyl sites for hydroxylation is 2. The van der Waals surface area contributed by atoms with Crippen molar-refractivity contribution in [2.45, 2.75) is 13.8 Å². The first-order chi connectivity index (χ1) is 9.58. The van der Waals surface area contributed by atoms with Gasteiger partial charge in [0.2, 0.25) is 0 Å². The average Bonchev–Trinajstić information content (AvgIpc) is 2.38. The van der Waals surface area contributed by atoms with E-state index in [1.165, 1.54) is 0 Å². The molecule has 0 spiro atoms. The van der Waals surface area contributed by atoms with Crippen LogP contribution in [0.5, 0.6) is 5.75 Å². The molecule has 2 aromatic carbocycles. The highest BCUT2D eigenvalue weighted by molar-refractivity contribution is 9.09. The van der Waals surface area contributed by atoms with Gasteiger partial charge in [-0.3, -0.25) is 4.79 Å². The van der Waals surface area contributed by atoms with Crippen LogP contribution >= 0.6 is 15.9 Å². The summed E-state index contributed by atoms with van der Waals surface area (Å²) < 4.78 is 5.32. The topological polar surface area (TPSA) is 38.3 Å². The quantitative estimate of drug-likeness (QED) is 0.847. The van der Waals surface area contributed by atoms with Crippen molar-refractivity contribution in [2.24, 2.45) is 0 Å². The Morgan fingerprint density at radius 3 is 2.50 bits per heavy atom. The van der Waals surface area contributed by atoms with Crippen LogP contribution < -0.4 is 10.1 Å². The first kappa shape index (κ1) is 14.6. The Kier molecular flexibility index (Phi) is 4.79. The van der Waals surface area contributed by atoms with Gasteiger partial charge in [-0.15, -0.1) is 0 Å². The Labute approximate surface area is 127 Å². The molecule has 2 aromatic rings. The number of hydrogen-bond acceptors (Lipinski definition) is 2. The maximum Gasteiger partial charge on any atom is 0.255 e. The molecule has 0 aromatic heterocycles. The van der Waals surface area contributed by atoms with Crippen LogP contribution in [0.3, 0.4) is 0 Å². The Morgan fingerprint density at radius 1 is 1.15 bits per heavy atom. The van der Waals surface area contributed by atoms with E-state index in [2.05, 4.69) is 27.3 Å². The number of carbonyl (C=O) groups excluding carboxylic acids is 1. The van der Waals surface area contributed by atoms with E-state index in [0.29, 0.717) is 16.8 Å². The van der Waals surface area contributed by atoms with E-state index in [9.17, 15) is 4.79 Å². The number of nitrogens with one attached hydrogen (secondary N) is 1. The number of rotatable bonds is 4. The summed E-state index contributed by atoms with van der Waals surface area (Å²) in [5.74, 6) is 0.518. The predicted molar refractivity (Wildman–Crippen MR) is 84.7 cm³/mol. The highest BCUT2D eigenvalue weighted by atomic mass is 79.9. The number of halogens is 1. The van der Waals surface area contributed by atoms with Crippen molar-refractivity contribution in [3.63, 3.8) is 0 Å². The maximum atomic E-state index is 12.2. The molecule has 4 heteroatoms. The average molecular weight is 334 g/mol. The molecule has 2 rings (SSSR count). The molecule has 1 amide bonds. The fourth-order valence-corrected chi connectivity index (χ4v) is 2.30. The van der Waals surface area contributed by atoms with Gasteiger partial charge in [0.05, 0.1) is 0 Å². The lowest BCUT2D eigenvalue weighted by Gasteiger charge is -2.09. The van der Waals surface area contributed by atoms with Crippen LogP contribution in [0.4, 0.5) is 5.69 Å². The van der Waals surface area contributed by atoms with E-state index in [0.717, 1.165) is 16.8 Å². The van der Waals surface area contributed by atoms with E-state index >= 15 is 0 Å². The van der Waals surface area contributed by atoms with Crippen molar-refractivity contribution in [3.05, 3.63) is 59.2 Å². The van der Waals surface area contributed by atoms with Crippen LogP contribution in [0.1, 0.15) is 21.5 Å². The number of alkyl halides is 1. The zero-order valence-electron chi connectivity index (χ0n) is 11.4. The van der Waals surface area contributed by atoms with Crippen LogP contribution in [0.2, 0.25) is 0 Å². The number of hydrogen-bond donors (Lipinski definition) is 1. The SMILES string of the molecule is Cc1cc(C)cc(NC(=O)c2cccc(OCBr)c2)c1. The second-order valence-electron chi connectivity index (χ2n) is 4.61. The predicted octanol–water partition coefficient (Wildman–Crippen LogP) is 4.29. The van der Waals surface area contributed by atoms with Crippen molar-refractivity contribution < 1.29 is 9.53 Å². The Bertz CT molecular complexity index is 605. The molecule has 0 saturated heterocycles. The summed E-state index contributed by atoms with van der Waals surface area (Å²) in [6.45, 7) is 4.01. The van der Waals surface area contributed by atoms with Crippen molar-refractivity contribution in [1.82, 2.24) is 0 Å². The summed E-state index contributed by atoms with van der Waals surface area (Å²) in [7, 11) is 0. The molecular weight excluding hydrogens is 318 g/mol. The van der Waals surface area contributed by atoms with Crippen molar-refractivity contribution in [3.8, 4) is 5.75 Å². The maximum absolute atomic E-state index is 12.2. The number of anilines is 1. The van der Waals surface area contributed by atoms with Gasteiger partial charge in [-0.2, -0.15) is 0 Å². The van der Waals surface area contributed by atoms with Gasteiger partial charge in [-0.1, -0.05) is 12.1 Å². The van der Waals surface area contributed by atoms with Crippen LogP contribution in [-0.2, 0) is 0 Å². The number of benzene rings is 2.